The molecule has 0 saturated carbocycles. The van der Waals surface area contributed by atoms with Gasteiger partial charge >= 0.3 is 0 Å². The van der Waals surface area contributed by atoms with Crippen LogP contribution in [0.5, 0.6) is 0 Å². The number of hydrogen-bond acceptors (Lipinski definition) is 6. The quantitative estimate of drug-likeness (QED) is 0.867. The van der Waals surface area contributed by atoms with Gasteiger partial charge in [0.1, 0.15) is 0 Å². The molecule has 130 valence electrons. The minimum Gasteiger partial charge on any atom is -0.355 e. The van der Waals surface area contributed by atoms with Gasteiger partial charge in [0, 0.05) is 44.8 Å². The number of rotatable bonds is 6. The van der Waals surface area contributed by atoms with Crippen LogP contribution in [0.25, 0.3) is 10.6 Å². The van der Waals surface area contributed by atoms with Crippen LogP contribution in [-0.4, -0.2) is 66.2 Å². The summed E-state index contributed by atoms with van der Waals surface area (Å²) in [6.07, 6.45) is 0. The summed E-state index contributed by atoms with van der Waals surface area (Å²) in [4.78, 5) is 18.1. The highest BCUT2D eigenvalue weighted by molar-refractivity contribution is 7.13. The van der Waals surface area contributed by atoms with Crippen molar-refractivity contribution < 1.29 is 9.32 Å². The van der Waals surface area contributed by atoms with Crippen LogP contribution in [0, 0.1) is 0 Å². The fourth-order valence-corrected chi connectivity index (χ4v) is 3.57. The summed E-state index contributed by atoms with van der Waals surface area (Å²) in [5.74, 6) is 0.458. The van der Waals surface area contributed by atoms with E-state index in [9.17, 15) is 4.79 Å². The standard InChI is InChI=1S/C17H24N4O2S/c1-3-20-6-8-21(9-7-20)13(2)12-18-17(22)14-11-15(23-19-14)16-5-4-10-24-16/h4-5,10-11,13H,3,6-9,12H2,1-2H3,(H,18,22)/t13-/m1/s1. The third kappa shape index (κ3) is 4.03. The zero-order valence-electron chi connectivity index (χ0n) is 14.2. The molecule has 0 spiro atoms. The highest BCUT2D eigenvalue weighted by Gasteiger charge is 2.21. The summed E-state index contributed by atoms with van der Waals surface area (Å²) in [5.41, 5.74) is 0.335. The zero-order chi connectivity index (χ0) is 16.9. The average Bonchev–Trinajstić information content (AvgIpc) is 3.30. The monoisotopic (exact) mass is 348 g/mol. The molecule has 0 unspecified atom stereocenters. The maximum atomic E-state index is 12.3. The van der Waals surface area contributed by atoms with Crippen LogP contribution in [-0.2, 0) is 0 Å². The molecule has 1 N–H and O–H groups in total. The van der Waals surface area contributed by atoms with E-state index in [2.05, 4.69) is 34.1 Å². The van der Waals surface area contributed by atoms with Gasteiger partial charge in [-0.1, -0.05) is 18.1 Å². The van der Waals surface area contributed by atoms with Crippen LogP contribution in [0.3, 0.4) is 0 Å². The van der Waals surface area contributed by atoms with E-state index in [-0.39, 0.29) is 5.91 Å². The van der Waals surface area contributed by atoms with Gasteiger partial charge in [0.2, 0.25) is 0 Å². The number of carbonyl (C=O) groups excluding carboxylic acids is 1. The van der Waals surface area contributed by atoms with Gasteiger partial charge in [-0.25, -0.2) is 0 Å². The van der Waals surface area contributed by atoms with Crippen molar-refractivity contribution in [3.63, 3.8) is 0 Å². The molecule has 3 rings (SSSR count). The van der Waals surface area contributed by atoms with E-state index in [1.165, 1.54) is 0 Å². The predicted octanol–water partition coefficient (Wildman–Crippen LogP) is 2.16. The Morgan fingerprint density at radius 2 is 2.21 bits per heavy atom. The molecule has 0 bridgehead atoms. The molecule has 1 saturated heterocycles. The van der Waals surface area contributed by atoms with Gasteiger partial charge in [-0.15, -0.1) is 11.3 Å². The van der Waals surface area contributed by atoms with Gasteiger partial charge in [0.15, 0.2) is 11.5 Å². The summed E-state index contributed by atoms with van der Waals surface area (Å²) in [7, 11) is 0. The molecular formula is C17H24N4O2S. The number of aromatic nitrogens is 1. The van der Waals surface area contributed by atoms with Crippen LogP contribution in [0.4, 0.5) is 0 Å². The summed E-state index contributed by atoms with van der Waals surface area (Å²) in [6.45, 7) is 10.4. The number of nitrogens with zero attached hydrogens (tertiary/aromatic N) is 3. The number of amides is 1. The van der Waals surface area contributed by atoms with E-state index < -0.39 is 0 Å². The van der Waals surface area contributed by atoms with E-state index in [1.54, 1.807) is 17.4 Å². The minimum atomic E-state index is -0.180. The molecule has 1 aliphatic heterocycles. The number of thiophene rings is 1. The second-order valence-electron chi connectivity index (χ2n) is 6.08. The van der Waals surface area contributed by atoms with Crippen molar-refractivity contribution in [2.75, 3.05) is 39.3 Å². The normalized spacial score (nSPS) is 17.8. The van der Waals surface area contributed by atoms with Gasteiger partial charge in [-0.05, 0) is 24.9 Å². The van der Waals surface area contributed by atoms with Gasteiger partial charge < -0.3 is 14.7 Å². The molecule has 1 amide bonds. The molecule has 0 radical (unpaired) electrons. The number of piperazine rings is 1. The fraction of sp³-hybridized carbons (Fsp3) is 0.529. The van der Waals surface area contributed by atoms with Gasteiger partial charge in [-0.2, -0.15) is 0 Å². The van der Waals surface area contributed by atoms with E-state index in [0.717, 1.165) is 37.6 Å². The van der Waals surface area contributed by atoms with E-state index in [4.69, 9.17) is 4.52 Å². The summed E-state index contributed by atoms with van der Waals surface area (Å²) in [5, 5.41) is 8.82. The van der Waals surface area contributed by atoms with E-state index >= 15 is 0 Å². The molecule has 0 aliphatic carbocycles. The van der Waals surface area contributed by atoms with Crippen LogP contribution < -0.4 is 5.32 Å². The first-order valence-electron chi connectivity index (χ1n) is 8.42. The third-order valence-corrected chi connectivity index (χ3v) is 5.43. The van der Waals surface area contributed by atoms with Crippen LogP contribution in [0.1, 0.15) is 24.3 Å². The fourth-order valence-electron chi connectivity index (χ4n) is 2.90. The second-order valence-corrected chi connectivity index (χ2v) is 7.03. The SMILES string of the molecule is CCN1CCN([C@H](C)CNC(=O)c2cc(-c3cccs3)on2)CC1. The molecule has 6 nitrogen and oxygen atoms in total. The maximum absolute atomic E-state index is 12.3. The summed E-state index contributed by atoms with van der Waals surface area (Å²) in [6, 6.07) is 5.91. The minimum absolute atomic E-state index is 0.180. The van der Waals surface area contributed by atoms with Crippen LogP contribution in [0.15, 0.2) is 28.1 Å². The van der Waals surface area contributed by atoms with Crippen molar-refractivity contribution in [3.05, 3.63) is 29.3 Å². The predicted molar refractivity (Wildman–Crippen MR) is 95.3 cm³/mol. The zero-order valence-corrected chi connectivity index (χ0v) is 15.0. The molecule has 24 heavy (non-hydrogen) atoms. The number of likely N-dealkylation sites (N-methyl/N-ethyl adjacent to an activating group) is 1. The molecule has 1 fully saturated rings. The van der Waals surface area contributed by atoms with Crippen molar-refractivity contribution in [3.8, 4) is 10.6 Å². The van der Waals surface area contributed by atoms with Crippen molar-refractivity contribution in [1.29, 1.82) is 0 Å². The molecule has 2 aromatic rings. The lowest BCUT2D eigenvalue weighted by atomic mass is 10.2. The Morgan fingerprint density at radius 1 is 1.42 bits per heavy atom. The first-order chi connectivity index (χ1) is 11.7. The van der Waals surface area contributed by atoms with Crippen molar-refractivity contribution >= 4 is 17.2 Å². The van der Waals surface area contributed by atoms with Gasteiger partial charge in [0.05, 0.1) is 4.88 Å². The second kappa shape index (κ2) is 7.92. The Morgan fingerprint density at radius 3 is 2.88 bits per heavy atom. The van der Waals surface area contributed by atoms with Crippen molar-refractivity contribution in [2.45, 2.75) is 19.9 Å². The number of carbonyl (C=O) groups is 1. The van der Waals surface area contributed by atoms with Gasteiger partial charge in [-0.3, -0.25) is 9.69 Å². The highest BCUT2D eigenvalue weighted by atomic mass is 32.1. The maximum Gasteiger partial charge on any atom is 0.273 e. The molecule has 7 heteroatoms. The molecule has 3 heterocycles. The van der Waals surface area contributed by atoms with E-state index in [1.807, 2.05) is 17.5 Å². The Hall–Kier alpha value is -1.70. The summed E-state index contributed by atoms with van der Waals surface area (Å²) >= 11 is 1.56. The third-order valence-electron chi connectivity index (χ3n) is 4.54. The van der Waals surface area contributed by atoms with Crippen molar-refractivity contribution in [1.82, 2.24) is 20.3 Å². The smallest absolute Gasteiger partial charge is 0.273 e. The molecular weight excluding hydrogens is 324 g/mol. The Labute approximate surface area is 146 Å². The lowest BCUT2D eigenvalue weighted by Crippen LogP contribution is -2.52. The number of hydrogen-bond donors (Lipinski definition) is 1. The first-order valence-corrected chi connectivity index (χ1v) is 9.30. The average molecular weight is 348 g/mol. The van der Waals surface area contributed by atoms with Crippen molar-refractivity contribution in [2.24, 2.45) is 0 Å². The van der Waals surface area contributed by atoms with Gasteiger partial charge in [0.25, 0.3) is 5.91 Å². The number of nitrogens with one attached hydrogen (secondary N) is 1. The first kappa shape index (κ1) is 17.1. The highest BCUT2D eigenvalue weighted by Crippen LogP contribution is 2.25. The largest absolute Gasteiger partial charge is 0.355 e. The van der Waals surface area contributed by atoms with E-state index in [0.29, 0.717) is 24.0 Å². The Balaban J connectivity index is 1.49. The molecule has 1 aliphatic rings. The van der Waals surface area contributed by atoms with Crippen LogP contribution in [0.2, 0.25) is 0 Å². The van der Waals surface area contributed by atoms with Crippen LogP contribution >= 0.6 is 11.3 Å². The lowest BCUT2D eigenvalue weighted by molar-refractivity contribution is 0.0876. The topological polar surface area (TPSA) is 61.6 Å². The Bertz CT molecular complexity index is 647. The molecule has 1 atom stereocenters. The summed E-state index contributed by atoms with van der Waals surface area (Å²) < 4.78 is 5.26. The Kier molecular flexibility index (Phi) is 5.65. The lowest BCUT2D eigenvalue weighted by Gasteiger charge is -2.37. The molecule has 2 aromatic heterocycles. The molecule has 0 aromatic carbocycles.